The van der Waals surface area contributed by atoms with Crippen molar-refractivity contribution in [3.8, 4) is 0 Å². The summed E-state index contributed by atoms with van der Waals surface area (Å²) in [6.07, 6.45) is -0.0736. The van der Waals surface area contributed by atoms with Crippen LogP contribution < -0.4 is 5.32 Å². The number of aliphatic hydroxyl groups is 2. The lowest BCUT2D eigenvalue weighted by Crippen LogP contribution is -2.34. The predicted octanol–water partition coefficient (Wildman–Crippen LogP) is 0.507. The molecule has 0 aliphatic heterocycles. The standard InChI is InChI=1S/C11H15NO3/c13-8-4-7-10(14)12-11(15)9-5-2-1-3-6-9/h1-3,5-6,10,13-14H,4,7-8H2,(H,12,15). The van der Waals surface area contributed by atoms with Gasteiger partial charge in [0.1, 0.15) is 6.23 Å². The number of benzene rings is 1. The zero-order valence-electron chi connectivity index (χ0n) is 8.39. The van der Waals surface area contributed by atoms with Gasteiger partial charge in [-0.25, -0.2) is 0 Å². The van der Waals surface area contributed by atoms with E-state index in [4.69, 9.17) is 5.11 Å². The van der Waals surface area contributed by atoms with Gasteiger partial charge in [0.2, 0.25) is 0 Å². The minimum atomic E-state index is -0.898. The number of hydrogen-bond donors (Lipinski definition) is 3. The first-order chi connectivity index (χ1) is 7.24. The number of aliphatic hydroxyl groups excluding tert-OH is 2. The van der Waals surface area contributed by atoms with Crippen molar-refractivity contribution in [3.63, 3.8) is 0 Å². The maximum atomic E-state index is 11.5. The summed E-state index contributed by atoms with van der Waals surface area (Å²) in [5.74, 6) is -0.305. The third kappa shape index (κ3) is 4.10. The summed E-state index contributed by atoms with van der Waals surface area (Å²) in [4.78, 5) is 11.5. The fraction of sp³-hybridized carbons (Fsp3) is 0.364. The quantitative estimate of drug-likeness (QED) is 0.619. The van der Waals surface area contributed by atoms with E-state index in [1.807, 2.05) is 6.07 Å². The average Bonchev–Trinajstić information content (AvgIpc) is 2.27. The summed E-state index contributed by atoms with van der Waals surface area (Å²) in [6, 6.07) is 8.69. The van der Waals surface area contributed by atoms with E-state index in [2.05, 4.69) is 5.32 Å². The smallest absolute Gasteiger partial charge is 0.253 e. The normalized spacial score (nSPS) is 12.1. The van der Waals surface area contributed by atoms with Gasteiger partial charge in [-0.15, -0.1) is 0 Å². The lowest BCUT2D eigenvalue weighted by molar-refractivity contribution is 0.0743. The van der Waals surface area contributed by atoms with Crippen LogP contribution in [0.2, 0.25) is 0 Å². The third-order valence-corrected chi connectivity index (χ3v) is 1.97. The van der Waals surface area contributed by atoms with Gasteiger partial charge < -0.3 is 15.5 Å². The summed E-state index contributed by atoms with van der Waals surface area (Å²) >= 11 is 0. The molecule has 0 radical (unpaired) electrons. The van der Waals surface area contributed by atoms with Crippen LogP contribution in [-0.2, 0) is 0 Å². The van der Waals surface area contributed by atoms with Crippen LogP contribution in [0.15, 0.2) is 30.3 Å². The Labute approximate surface area is 88.6 Å². The number of rotatable bonds is 5. The van der Waals surface area contributed by atoms with Gasteiger partial charge in [-0.2, -0.15) is 0 Å². The summed E-state index contributed by atoms with van der Waals surface area (Å²) in [7, 11) is 0. The maximum Gasteiger partial charge on any atom is 0.253 e. The van der Waals surface area contributed by atoms with Crippen LogP contribution in [-0.4, -0.2) is 29.0 Å². The van der Waals surface area contributed by atoms with Gasteiger partial charge in [-0.05, 0) is 25.0 Å². The number of hydrogen-bond acceptors (Lipinski definition) is 3. The molecule has 0 saturated carbocycles. The Bertz CT molecular complexity index is 300. The number of carbonyl (C=O) groups excluding carboxylic acids is 1. The van der Waals surface area contributed by atoms with Gasteiger partial charge in [-0.1, -0.05) is 18.2 Å². The van der Waals surface area contributed by atoms with Crippen LogP contribution in [0.3, 0.4) is 0 Å². The highest BCUT2D eigenvalue weighted by molar-refractivity contribution is 5.94. The number of amides is 1. The number of carbonyl (C=O) groups is 1. The van der Waals surface area contributed by atoms with E-state index in [9.17, 15) is 9.90 Å². The van der Waals surface area contributed by atoms with Gasteiger partial charge >= 0.3 is 0 Å². The molecule has 0 spiro atoms. The molecule has 0 saturated heterocycles. The van der Waals surface area contributed by atoms with Crippen molar-refractivity contribution in [3.05, 3.63) is 35.9 Å². The van der Waals surface area contributed by atoms with E-state index < -0.39 is 6.23 Å². The molecule has 0 aromatic heterocycles. The number of nitrogens with one attached hydrogen (secondary N) is 1. The van der Waals surface area contributed by atoms with Gasteiger partial charge in [0.15, 0.2) is 0 Å². The first-order valence-electron chi connectivity index (χ1n) is 4.89. The van der Waals surface area contributed by atoms with E-state index in [1.54, 1.807) is 24.3 Å². The molecule has 1 amide bonds. The van der Waals surface area contributed by atoms with E-state index in [-0.39, 0.29) is 12.5 Å². The molecule has 82 valence electrons. The largest absolute Gasteiger partial charge is 0.396 e. The van der Waals surface area contributed by atoms with Crippen molar-refractivity contribution in [1.29, 1.82) is 0 Å². The van der Waals surface area contributed by atoms with Crippen molar-refractivity contribution >= 4 is 5.91 Å². The Kier molecular flexibility index (Phi) is 4.80. The fourth-order valence-electron chi connectivity index (χ4n) is 1.18. The molecule has 1 aromatic rings. The molecule has 1 rings (SSSR count). The third-order valence-electron chi connectivity index (χ3n) is 1.97. The molecular weight excluding hydrogens is 194 g/mol. The second kappa shape index (κ2) is 6.16. The Morgan fingerprint density at radius 3 is 2.60 bits per heavy atom. The lowest BCUT2D eigenvalue weighted by Gasteiger charge is -2.11. The zero-order chi connectivity index (χ0) is 11.1. The van der Waals surface area contributed by atoms with Crippen molar-refractivity contribution in [2.75, 3.05) is 6.61 Å². The average molecular weight is 209 g/mol. The topological polar surface area (TPSA) is 69.6 Å². The molecule has 1 aromatic carbocycles. The molecule has 4 nitrogen and oxygen atoms in total. The summed E-state index contributed by atoms with van der Waals surface area (Å²) in [5.41, 5.74) is 0.514. The van der Waals surface area contributed by atoms with Crippen LogP contribution >= 0.6 is 0 Å². The van der Waals surface area contributed by atoms with Gasteiger partial charge in [0, 0.05) is 12.2 Å². The first kappa shape index (κ1) is 11.7. The molecule has 0 heterocycles. The minimum absolute atomic E-state index is 0.0122. The Morgan fingerprint density at radius 1 is 1.33 bits per heavy atom. The molecule has 4 heteroatoms. The molecule has 1 atom stereocenters. The highest BCUT2D eigenvalue weighted by atomic mass is 16.3. The summed E-state index contributed by atoms with van der Waals surface area (Å²) in [5, 5.41) is 20.3. The molecule has 0 bridgehead atoms. The maximum absolute atomic E-state index is 11.5. The van der Waals surface area contributed by atoms with Gasteiger partial charge in [0.05, 0.1) is 0 Å². The Balaban J connectivity index is 2.42. The van der Waals surface area contributed by atoms with Crippen LogP contribution in [0.1, 0.15) is 23.2 Å². The van der Waals surface area contributed by atoms with Gasteiger partial charge in [-0.3, -0.25) is 4.79 Å². The SMILES string of the molecule is O=C(NC(O)CCCO)c1ccccc1. The molecule has 15 heavy (non-hydrogen) atoms. The minimum Gasteiger partial charge on any atom is -0.396 e. The molecular formula is C11H15NO3. The molecule has 0 aliphatic rings. The molecule has 1 unspecified atom stereocenters. The lowest BCUT2D eigenvalue weighted by atomic mass is 10.2. The van der Waals surface area contributed by atoms with Crippen LogP contribution in [0, 0.1) is 0 Å². The van der Waals surface area contributed by atoms with Crippen molar-refractivity contribution in [2.45, 2.75) is 19.1 Å². The highest BCUT2D eigenvalue weighted by Crippen LogP contribution is 2.00. The van der Waals surface area contributed by atoms with E-state index in [0.717, 1.165) is 0 Å². The van der Waals surface area contributed by atoms with Crippen molar-refractivity contribution in [2.24, 2.45) is 0 Å². The zero-order valence-corrected chi connectivity index (χ0v) is 8.39. The van der Waals surface area contributed by atoms with Crippen LogP contribution in [0.5, 0.6) is 0 Å². The molecule has 0 fully saturated rings. The molecule has 3 N–H and O–H groups in total. The van der Waals surface area contributed by atoms with Gasteiger partial charge in [0.25, 0.3) is 5.91 Å². The second-order valence-electron chi connectivity index (χ2n) is 3.22. The fourth-order valence-corrected chi connectivity index (χ4v) is 1.18. The van der Waals surface area contributed by atoms with E-state index >= 15 is 0 Å². The van der Waals surface area contributed by atoms with E-state index in [0.29, 0.717) is 18.4 Å². The van der Waals surface area contributed by atoms with Crippen molar-refractivity contribution < 1.29 is 15.0 Å². The van der Waals surface area contributed by atoms with Crippen LogP contribution in [0.4, 0.5) is 0 Å². The van der Waals surface area contributed by atoms with Crippen LogP contribution in [0.25, 0.3) is 0 Å². The highest BCUT2D eigenvalue weighted by Gasteiger charge is 2.09. The first-order valence-corrected chi connectivity index (χ1v) is 4.89. The predicted molar refractivity (Wildman–Crippen MR) is 56.2 cm³/mol. The Hall–Kier alpha value is -1.39. The summed E-state index contributed by atoms with van der Waals surface area (Å²) in [6.45, 7) is 0.0122. The van der Waals surface area contributed by atoms with E-state index in [1.165, 1.54) is 0 Å². The Morgan fingerprint density at radius 2 is 2.00 bits per heavy atom. The van der Waals surface area contributed by atoms with Crippen molar-refractivity contribution in [1.82, 2.24) is 5.32 Å². The summed E-state index contributed by atoms with van der Waals surface area (Å²) < 4.78 is 0. The second-order valence-corrected chi connectivity index (χ2v) is 3.22. The molecule has 0 aliphatic carbocycles. The monoisotopic (exact) mass is 209 g/mol.